The van der Waals surface area contributed by atoms with Gasteiger partial charge in [0.1, 0.15) is 0 Å². The average molecular weight is 235 g/mol. The van der Waals surface area contributed by atoms with Crippen molar-refractivity contribution in [3.05, 3.63) is 23.8 Å². The van der Waals surface area contributed by atoms with E-state index in [2.05, 4.69) is 37.1 Å². The minimum Gasteiger partial charge on any atom is -0.398 e. The van der Waals surface area contributed by atoms with Crippen LogP contribution in [0.5, 0.6) is 0 Å². The molecule has 0 saturated carbocycles. The molecule has 0 aromatic heterocycles. The maximum absolute atomic E-state index is 5.87. The van der Waals surface area contributed by atoms with E-state index in [4.69, 9.17) is 5.73 Å². The minimum atomic E-state index is 0.860. The summed E-state index contributed by atoms with van der Waals surface area (Å²) < 4.78 is 0. The van der Waals surface area contributed by atoms with Gasteiger partial charge in [-0.15, -0.1) is 0 Å². The van der Waals surface area contributed by atoms with Gasteiger partial charge in [0.05, 0.1) is 0 Å². The fraction of sp³-hybridized carbons (Fsp3) is 0.571. The van der Waals surface area contributed by atoms with Crippen LogP contribution in [0.15, 0.2) is 18.2 Å². The summed E-state index contributed by atoms with van der Waals surface area (Å²) in [7, 11) is 0. The number of nitrogens with zero attached hydrogens (tertiary/aromatic N) is 1. The van der Waals surface area contributed by atoms with E-state index in [1.165, 1.54) is 0 Å². The number of hydrogen-bond donors (Lipinski definition) is 2. The molecule has 3 heteroatoms. The maximum atomic E-state index is 5.87. The van der Waals surface area contributed by atoms with Gasteiger partial charge in [-0.1, -0.05) is 19.9 Å². The van der Waals surface area contributed by atoms with Crippen molar-refractivity contribution in [1.29, 1.82) is 0 Å². The number of nitrogen functional groups attached to an aromatic ring is 1. The minimum absolute atomic E-state index is 0.860. The first-order valence-electron chi connectivity index (χ1n) is 6.50. The second kappa shape index (κ2) is 7.17. The van der Waals surface area contributed by atoms with Crippen molar-refractivity contribution in [3.63, 3.8) is 0 Å². The Morgan fingerprint density at radius 1 is 1.24 bits per heavy atom. The van der Waals surface area contributed by atoms with E-state index in [1.54, 1.807) is 0 Å². The lowest BCUT2D eigenvalue weighted by atomic mass is 10.1. The molecule has 0 aliphatic heterocycles. The second-order valence-electron chi connectivity index (χ2n) is 4.33. The zero-order valence-electron chi connectivity index (χ0n) is 11.3. The third kappa shape index (κ3) is 4.27. The Bertz CT molecular complexity index is 332. The summed E-state index contributed by atoms with van der Waals surface area (Å²) in [4.78, 5) is 2.44. The molecule has 0 fully saturated rings. The van der Waals surface area contributed by atoms with Gasteiger partial charge in [-0.05, 0) is 50.7 Å². The van der Waals surface area contributed by atoms with Crippen LogP contribution in [0.4, 0.5) is 11.4 Å². The van der Waals surface area contributed by atoms with Crippen LogP contribution in [0.25, 0.3) is 0 Å². The zero-order chi connectivity index (χ0) is 12.7. The highest BCUT2D eigenvalue weighted by Crippen LogP contribution is 2.20. The van der Waals surface area contributed by atoms with Crippen molar-refractivity contribution in [1.82, 2.24) is 4.90 Å². The van der Waals surface area contributed by atoms with Crippen molar-refractivity contribution in [2.75, 3.05) is 37.2 Å². The molecule has 1 rings (SSSR count). The van der Waals surface area contributed by atoms with E-state index in [1.807, 2.05) is 12.1 Å². The quantitative estimate of drug-likeness (QED) is 0.564. The molecule has 0 heterocycles. The van der Waals surface area contributed by atoms with E-state index in [0.717, 1.165) is 49.5 Å². The highest BCUT2D eigenvalue weighted by atomic mass is 15.1. The Morgan fingerprint density at radius 2 is 1.94 bits per heavy atom. The van der Waals surface area contributed by atoms with Gasteiger partial charge < -0.3 is 16.0 Å². The van der Waals surface area contributed by atoms with Gasteiger partial charge in [0, 0.05) is 17.9 Å². The summed E-state index contributed by atoms with van der Waals surface area (Å²) in [5.74, 6) is 0. The van der Waals surface area contributed by atoms with Crippen LogP contribution >= 0.6 is 0 Å². The Morgan fingerprint density at radius 3 is 2.59 bits per heavy atom. The molecule has 1 aromatic rings. The van der Waals surface area contributed by atoms with Gasteiger partial charge >= 0.3 is 0 Å². The van der Waals surface area contributed by atoms with Crippen LogP contribution in [0.2, 0.25) is 0 Å². The monoisotopic (exact) mass is 235 g/mol. The standard InChI is InChI=1S/C14H25N3/c1-4-17(5-2)11-7-10-16-14-9-6-8-13(15)12(14)3/h6,8-9,16H,4-5,7,10-11,15H2,1-3H3. The van der Waals surface area contributed by atoms with E-state index < -0.39 is 0 Å². The number of rotatable bonds is 7. The first kappa shape index (κ1) is 13.8. The maximum Gasteiger partial charge on any atom is 0.0390 e. The molecule has 0 spiro atoms. The zero-order valence-corrected chi connectivity index (χ0v) is 11.3. The molecule has 0 amide bonds. The molecule has 0 bridgehead atoms. The summed E-state index contributed by atoms with van der Waals surface area (Å²) in [5, 5.41) is 3.45. The predicted octanol–water partition coefficient (Wildman–Crippen LogP) is 2.72. The SMILES string of the molecule is CCN(CC)CCCNc1cccc(N)c1C. The van der Waals surface area contributed by atoms with Crippen LogP contribution in [-0.4, -0.2) is 31.1 Å². The van der Waals surface area contributed by atoms with Crippen molar-refractivity contribution in [2.45, 2.75) is 27.2 Å². The summed E-state index contributed by atoms with van der Waals surface area (Å²) >= 11 is 0. The van der Waals surface area contributed by atoms with Gasteiger partial charge in [-0.3, -0.25) is 0 Å². The summed E-state index contributed by atoms with van der Waals surface area (Å²) in [6.07, 6.45) is 1.16. The smallest absolute Gasteiger partial charge is 0.0390 e. The van der Waals surface area contributed by atoms with Crippen LogP contribution in [-0.2, 0) is 0 Å². The molecule has 0 radical (unpaired) electrons. The van der Waals surface area contributed by atoms with Gasteiger partial charge in [0.2, 0.25) is 0 Å². The van der Waals surface area contributed by atoms with Gasteiger partial charge in [-0.25, -0.2) is 0 Å². The molecule has 0 saturated heterocycles. The highest BCUT2D eigenvalue weighted by Gasteiger charge is 2.01. The number of anilines is 2. The van der Waals surface area contributed by atoms with Crippen LogP contribution in [0, 0.1) is 6.92 Å². The highest BCUT2D eigenvalue weighted by molar-refractivity contribution is 5.62. The molecule has 1 aromatic carbocycles. The van der Waals surface area contributed by atoms with Gasteiger partial charge in [-0.2, -0.15) is 0 Å². The Labute approximate surface area is 105 Å². The number of hydrogen-bond acceptors (Lipinski definition) is 3. The largest absolute Gasteiger partial charge is 0.398 e. The Kier molecular flexibility index (Phi) is 5.84. The first-order valence-corrected chi connectivity index (χ1v) is 6.50. The van der Waals surface area contributed by atoms with Gasteiger partial charge in [0.15, 0.2) is 0 Å². The Balaban J connectivity index is 2.33. The fourth-order valence-corrected chi connectivity index (χ4v) is 1.91. The predicted molar refractivity (Wildman–Crippen MR) is 76.5 cm³/mol. The number of nitrogens with two attached hydrogens (primary N) is 1. The van der Waals surface area contributed by atoms with Crippen molar-refractivity contribution < 1.29 is 0 Å². The summed E-state index contributed by atoms with van der Waals surface area (Å²) in [6.45, 7) is 10.9. The fourth-order valence-electron chi connectivity index (χ4n) is 1.91. The third-order valence-corrected chi connectivity index (χ3v) is 3.24. The molecular formula is C14H25N3. The van der Waals surface area contributed by atoms with Crippen molar-refractivity contribution in [3.8, 4) is 0 Å². The molecule has 0 aliphatic rings. The number of nitrogens with one attached hydrogen (secondary N) is 1. The molecule has 0 atom stereocenters. The number of benzene rings is 1. The van der Waals surface area contributed by atoms with Crippen molar-refractivity contribution in [2.24, 2.45) is 0 Å². The average Bonchev–Trinajstić information content (AvgIpc) is 2.34. The van der Waals surface area contributed by atoms with Crippen LogP contribution in [0.1, 0.15) is 25.8 Å². The molecule has 3 N–H and O–H groups in total. The second-order valence-corrected chi connectivity index (χ2v) is 4.33. The lowest BCUT2D eigenvalue weighted by Gasteiger charge is -2.18. The first-order chi connectivity index (χ1) is 8.19. The van der Waals surface area contributed by atoms with Crippen LogP contribution < -0.4 is 11.1 Å². The van der Waals surface area contributed by atoms with E-state index in [9.17, 15) is 0 Å². The normalized spacial score (nSPS) is 10.8. The topological polar surface area (TPSA) is 41.3 Å². The molecule has 0 aliphatic carbocycles. The molecule has 0 unspecified atom stereocenters. The lowest BCUT2D eigenvalue weighted by Crippen LogP contribution is -2.25. The molecule has 96 valence electrons. The lowest BCUT2D eigenvalue weighted by molar-refractivity contribution is 0.303. The molecular weight excluding hydrogens is 210 g/mol. The Hall–Kier alpha value is -1.22. The molecule has 17 heavy (non-hydrogen) atoms. The van der Waals surface area contributed by atoms with Gasteiger partial charge in [0.25, 0.3) is 0 Å². The van der Waals surface area contributed by atoms with Crippen molar-refractivity contribution >= 4 is 11.4 Å². The molecule has 3 nitrogen and oxygen atoms in total. The van der Waals surface area contributed by atoms with E-state index in [-0.39, 0.29) is 0 Å². The van der Waals surface area contributed by atoms with Crippen LogP contribution in [0.3, 0.4) is 0 Å². The summed E-state index contributed by atoms with van der Waals surface area (Å²) in [6, 6.07) is 6.02. The van der Waals surface area contributed by atoms with E-state index >= 15 is 0 Å². The third-order valence-electron chi connectivity index (χ3n) is 3.24. The summed E-state index contributed by atoms with van der Waals surface area (Å²) in [5.41, 5.74) is 9.03. The van der Waals surface area contributed by atoms with E-state index in [0.29, 0.717) is 0 Å².